The van der Waals surface area contributed by atoms with Crippen LogP contribution in [-0.4, -0.2) is 49.3 Å². The minimum atomic E-state index is 0.302. The molecule has 16 heavy (non-hydrogen) atoms. The summed E-state index contributed by atoms with van der Waals surface area (Å²) in [6.07, 6.45) is 6.35. The monoisotopic (exact) mass is 224 g/mol. The summed E-state index contributed by atoms with van der Waals surface area (Å²) < 4.78 is 5.73. The molecule has 3 nitrogen and oxygen atoms in total. The van der Waals surface area contributed by atoms with Crippen LogP contribution < -0.4 is 5.32 Å². The molecule has 1 aliphatic rings. The molecular weight excluding hydrogens is 200 g/mol. The molecule has 0 bridgehead atoms. The highest BCUT2D eigenvalue weighted by atomic mass is 16.5. The largest absolute Gasteiger partial charge is 0.374 e. The zero-order valence-corrected chi connectivity index (χ0v) is 10.7. The van der Waals surface area contributed by atoms with Crippen LogP contribution in [0.2, 0.25) is 0 Å². The Bertz CT molecular complexity index is 235. The molecule has 0 aliphatic carbocycles. The van der Waals surface area contributed by atoms with Gasteiger partial charge in [-0.25, -0.2) is 0 Å². The molecule has 2 atom stereocenters. The molecule has 1 heterocycles. The van der Waals surface area contributed by atoms with Gasteiger partial charge in [0.25, 0.3) is 0 Å². The summed E-state index contributed by atoms with van der Waals surface area (Å²) in [5.74, 6) is 2.67. The Morgan fingerprint density at radius 2 is 2.25 bits per heavy atom. The van der Waals surface area contributed by atoms with E-state index in [9.17, 15) is 0 Å². The molecule has 1 saturated heterocycles. The second-order valence-corrected chi connectivity index (χ2v) is 4.80. The van der Waals surface area contributed by atoms with E-state index in [2.05, 4.69) is 36.9 Å². The molecule has 0 spiro atoms. The maximum Gasteiger partial charge on any atom is 0.0826 e. The number of morpholine rings is 1. The van der Waals surface area contributed by atoms with E-state index < -0.39 is 0 Å². The van der Waals surface area contributed by atoms with Gasteiger partial charge in [-0.05, 0) is 20.8 Å². The fourth-order valence-electron chi connectivity index (χ4n) is 1.92. The molecule has 0 amide bonds. The van der Waals surface area contributed by atoms with Crippen molar-refractivity contribution in [2.24, 2.45) is 0 Å². The van der Waals surface area contributed by atoms with Gasteiger partial charge in [0.1, 0.15) is 0 Å². The predicted octanol–water partition coefficient (Wildman–Crippen LogP) is 1.10. The number of rotatable bonds is 5. The molecule has 0 radical (unpaired) electrons. The van der Waals surface area contributed by atoms with Crippen molar-refractivity contribution in [3.05, 3.63) is 0 Å². The van der Waals surface area contributed by atoms with Crippen molar-refractivity contribution in [2.45, 2.75) is 45.4 Å². The van der Waals surface area contributed by atoms with Crippen LogP contribution in [-0.2, 0) is 4.74 Å². The summed E-state index contributed by atoms with van der Waals surface area (Å²) in [7, 11) is 0. The SMILES string of the molecule is C#CCC(C)NCC1CN(C(C)C)CCO1. The van der Waals surface area contributed by atoms with Crippen molar-refractivity contribution < 1.29 is 4.74 Å². The Morgan fingerprint density at radius 3 is 2.88 bits per heavy atom. The van der Waals surface area contributed by atoms with E-state index in [1.807, 2.05) is 0 Å². The van der Waals surface area contributed by atoms with E-state index in [0.717, 1.165) is 32.7 Å². The number of hydrogen-bond acceptors (Lipinski definition) is 3. The summed E-state index contributed by atoms with van der Waals surface area (Å²) in [6, 6.07) is 0.984. The minimum absolute atomic E-state index is 0.302. The van der Waals surface area contributed by atoms with Gasteiger partial charge in [0.2, 0.25) is 0 Å². The topological polar surface area (TPSA) is 24.5 Å². The van der Waals surface area contributed by atoms with Gasteiger partial charge in [-0.1, -0.05) is 0 Å². The first-order chi connectivity index (χ1) is 7.63. The zero-order chi connectivity index (χ0) is 12.0. The number of nitrogens with zero attached hydrogens (tertiary/aromatic N) is 1. The van der Waals surface area contributed by atoms with Gasteiger partial charge >= 0.3 is 0 Å². The third kappa shape index (κ3) is 4.52. The highest BCUT2D eigenvalue weighted by Crippen LogP contribution is 2.08. The van der Waals surface area contributed by atoms with Crippen molar-refractivity contribution in [3.8, 4) is 12.3 Å². The van der Waals surface area contributed by atoms with Crippen LogP contribution in [0.5, 0.6) is 0 Å². The van der Waals surface area contributed by atoms with Gasteiger partial charge in [-0.3, -0.25) is 4.90 Å². The van der Waals surface area contributed by atoms with Gasteiger partial charge in [-0.2, -0.15) is 0 Å². The van der Waals surface area contributed by atoms with E-state index in [1.165, 1.54) is 0 Å². The van der Waals surface area contributed by atoms with Crippen LogP contribution in [0.25, 0.3) is 0 Å². The molecule has 1 aliphatic heterocycles. The maximum atomic E-state index is 5.73. The van der Waals surface area contributed by atoms with Crippen molar-refractivity contribution >= 4 is 0 Å². The number of terminal acetylenes is 1. The lowest BCUT2D eigenvalue weighted by molar-refractivity contribution is -0.0379. The molecule has 0 aromatic heterocycles. The van der Waals surface area contributed by atoms with Crippen molar-refractivity contribution in [1.29, 1.82) is 0 Å². The van der Waals surface area contributed by atoms with E-state index >= 15 is 0 Å². The number of ether oxygens (including phenoxy) is 1. The molecule has 92 valence electrons. The first kappa shape index (κ1) is 13.5. The average molecular weight is 224 g/mol. The van der Waals surface area contributed by atoms with Crippen molar-refractivity contribution in [3.63, 3.8) is 0 Å². The Morgan fingerprint density at radius 1 is 1.50 bits per heavy atom. The molecule has 1 fully saturated rings. The quantitative estimate of drug-likeness (QED) is 0.708. The van der Waals surface area contributed by atoms with Gasteiger partial charge < -0.3 is 10.1 Å². The number of hydrogen-bond donors (Lipinski definition) is 1. The van der Waals surface area contributed by atoms with Crippen LogP contribution in [0.1, 0.15) is 27.2 Å². The maximum absolute atomic E-state index is 5.73. The Kier molecular flexibility index (Phi) is 5.83. The molecule has 2 unspecified atom stereocenters. The zero-order valence-electron chi connectivity index (χ0n) is 10.7. The Hall–Kier alpha value is -0.560. The summed E-state index contributed by atoms with van der Waals surface area (Å²) in [6.45, 7) is 10.4. The molecule has 1 N–H and O–H groups in total. The summed E-state index contributed by atoms with van der Waals surface area (Å²) >= 11 is 0. The minimum Gasteiger partial charge on any atom is -0.374 e. The first-order valence-corrected chi connectivity index (χ1v) is 6.16. The highest BCUT2D eigenvalue weighted by Gasteiger charge is 2.22. The summed E-state index contributed by atoms with van der Waals surface area (Å²) in [5.41, 5.74) is 0. The lowest BCUT2D eigenvalue weighted by Crippen LogP contribution is -2.49. The second-order valence-electron chi connectivity index (χ2n) is 4.80. The second kappa shape index (κ2) is 6.90. The van der Waals surface area contributed by atoms with Crippen LogP contribution >= 0.6 is 0 Å². The number of nitrogens with one attached hydrogen (secondary N) is 1. The van der Waals surface area contributed by atoms with E-state index in [0.29, 0.717) is 18.2 Å². The highest BCUT2D eigenvalue weighted by molar-refractivity contribution is 4.88. The third-order valence-electron chi connectivity index (χ3n) is 3.02. The standard InChI is InChI=1S/C13H24N2O/c1-5-6-12(4)14-9-13-10-15(11(2)3)7-8-16-13/h1,11-14H,6-10H2,2-4H3. The van der Waals surface area contributed by atoms with Gasteiger partial charge in [0.05, 0.1) is 12.7 Å². The van der Waals surface area contributed by atoms with E-state index in [4.69, 9.17) is 11.2 Å². The smallest absolute Gasteiger partial charge is 0.0826 e. The molecule has 0 saturated carbocycles. The molecule has 3 heteroatoms. The van der Waals surface area contributed by atoms with Crippen molar-refractivity contribution in [1.82, 2.24) is 10.2 Å². The Labute approximate surface area is 99.5 Å². The molecule has 0 aromatic carbocycles. The first-order valence-electron chi connectivity index (χ1n) is 6.16. The predicted molar refractivity (Wildman–Crippen MR) is 67.4 cm³/mol. The molecule has 0 aromatic rings. The van der Waals surface area contributed by atoms with Crippen LogP contribution in [0, 0.1) is 12.3 Å². The fraction of sp³-hybridized carbons (Fsp3) is 0.846. The van der Waals surface area contributed by atoms with Gasteiger partial charge in [0, 0.05) is 38.1 Å². The lowest BCUT2D eigenvalue weighted by Gasteiger charge is -2.36. The van der Waals surface area contributed by atoms with Crippen LogP contribution in [0.3, 0.4) is 0 Å². The van der Waals surface area contributed by atoms with Gasteiger partial charge in [0.15, 0.2) is 0 Å². The van der Waals surface area contributed by atoms with Gasteiger partial charge in [-0.15, -0.1) is 12.3 Å². The van der Waals surface area contributed by atoms with E-state index in [1.54, 1.807) is 0 Å². The normalized spacial score (nSPS) is 24.3. The lowest BCUT2D eigenvalue weighted by atomic mass is 10.2. The van der Waals surface area contributed by atoms with E-state index in [-0.39, 0.29) is 0 Å². The fourth-order valence-corrected chi connectivity index (χ4v) is 1.92. The molecule has 1 rings (SSSR count). The summed E-state index contributed by atoms with van der Waals surface area (Å²) in [5, 5.41) is 3.42. The third-order valence-corrected chi connectivity index (χ3v) is 3.02. The molecular formula is C13H24N2O. The van der Waals surface area contributed by atoms with Crippen molar-refractivity contribution in [2.75, 3.05) is 26.2 Å². The Balaban J connectivity index is 2.24. The van der Waals surface area contributed by atoms with Crippen LogP contribution in [0.4, 0.5) is 0 Å². The summed E-state index contributed by atoms with van der Waals surface area (Å²) in [4.78, 5) is 2.46. The van der Waals surface area contributed by atoms with Crippen LogP contribution in [0.15, 0.2) is 0 Å². The average Bonchev–Trinajstić information content (AvgIpc) is 2.27.